The van der Waals surface area contributed by atoms with E-state index in [4.69, 9.17) is 0 Å². The van der Waals surface area contributed by atoms with Gasteiger partial charge in [0.2, 0.25) is 0 Å². The molecule has 4 heterocycles. The monoisotopic (exact) mass is 328 g/mol. The number of carboxylic acid groups (broad SMARTS) is 1. The summed E-state index contributed by atoms with van der Waals surface area (Å²) in [5.41, 5.74) is 1.01. The van der Waals surface area contributed by atoms with Crippen molar-refractivity contribution in [1.29, 1.82) is 0 Å². The van der Waals surface area contributed by atoms with Crippen LogP contribution < -0.4 is 5.69 Å². The molecule has 0 saturated heterocycles. The van der Waals surface area contributed by atoms with Crippen LogP contribution in [0.3, 0.4) is 0 Å². The van der Waals surface area contributed by atoms with Crippen molar-refractivity contribution in [3.63, 3.8) is 0 Å². The molecule has 0 saturated carbocycles. The number of hydrogen-bond acceptors (Lipinski definition) is 5. The van der Waals surface area contributed by atoms with Gasteiger partial charge in [-0.1, -0.05) is 0 Å². The highest BCUT2D eigenvalue weighted by molar-refractivity contribution is 5.78. The number of aliphatic carboxylic acids is 1. The van der Waals surface area contributed by atoms with Gasteiger partial charge in [-0.2, -0.15) is 10.2 Å². The van der Waals surface area contributed by atoms with Crippen LogP contribution in [0.5, 0.6) is 0 Å². The largest absolute Gasteiger partial charge is 0.480 e. The SMILES string of the molecule is Cn1nc(Cn2nc3n(c2=O)C(C(=O)O)CCC3)c2cccnc21. The third-order valence-corrected chi connectivity index (χ3v) is 4.39. The molecule has 4 rings (SSSR count). The lowest BCUT2D eigenvalue weighted by molar-refractivity contribution is -0.141. The number of hydrogen-bond donors (Lipinski definition) is 1. The van der Waals surface area contributed by atoms with Gasteiger partial charge in [0.1, 0.15) is 11.9 Å². The number of carboxylic acids is 1. The van der Waals surface area contributed by atoms with E-state index in [2.05, 4.69) is 15.2 Å². The van der Waals surface area contributed by atoms with E-state index in [1.165, 1.54) is 9.25 Å². The predicted molar refractivity (Wildman–Crippen MR) is 83.7 cm³/mol. The third-order valence-electron chi connectivity index (χ3n) is 4.39. The molecule has 1 aliphatic heterocycles. The summed E-state index contributed by atoms with van der Waals surface area (Å²) in [6, 6.07) is 2.87. The van der Waals surface area contributed by atoms with Crippen molar-refractivity contribution in [1.82, 2.24) is 29.1 Å². The molecule has 3 aromatic heterocycles. The van der Waals surface area contributed by atoms with Crippen LogP contribution in [0.1, 0.15) is 30.4 Å². The Hall–Kier alpha value is -2.97. The summed E-state index contributed by atoms with van der Waals surface area (Å²) in [6.07, 6.45) is 3.46. The zero-order valence-corrected chi connectivity index (χ0v) is 13.1. The van der Waals surface area contributed by atoms with Gasteiger partial charge >= 0.3 is 11.7 Å². The van der Waals surface area contributed by atoms with Crippen LogP contribution in [0.2, 0.25) is 0 Å². The van der Waals surface area contributed by atoms with E-state index in [1.54, 1.807) is 17.9 Å². The van der Waals surface area contributed by atoms with E-state index in [9.17, 15) is 14.7 Å². The Bertz CT molecular complexity index is 998. The Kier molecular flexibility index (Phi) is 3.22. The second-order valence-electron chi connectivity index (χ2n) is 5.92. The van der Waals surface area contributed by atoms with Crippen molar-refractivity contribution in [3.8, 4) is 0 Å². The van der Waals surface area contributed by atoms with Crippen molar-refractivity contribution in [2.45, 2.75) is 31.8 Å². The second kappa shape index (κ2) is 5.29. The summed E-state index contributed by atoms with van der Waals surface area (Å²) >= 11 is 0. The van der Waals surface area contributed by atoms with Gasteiger partial charge < -0.3 is 5.11 Å². The Labute approximate surface area is 136 Å². The normalized spacial score (nSPS) is 17.1. The van der Waals surface area contributed by atoms with Crippen molar-refractivity contribution in [3.05, 3.63) is 40.3 Å². The second-order valence-corrected chi connectivity index (χ2v) is 5.92. The van der Waals surface area contributed by atoms with E-state index in [0.29, 0.717) is 30.8 Å². The molecule has 0 amide bonds. The van der Waals surface area contributed by atoms with Gasteiger partial charge in [0.25, 0.3) is 0 Å². The lowest BCUT2D eigenvalue weighted by Crippen LogP contribution is -2.34. The van der Waals surface area contributed by atoms with Gasteiger partial charge in [-0.15, -0.1) is 0 Å². The van der Waals surface area contributed by atoms with Gasteiger partial charge in [0.15, 0.2) is 5.65 Å². The first-order valence-electron chi connectivity index (χ1n) is 7.74. The molecule has 1 unspecified atom stereocenters. The maximum Gasteiger partial charge on any atom is 0.347 e. The first-order valence-corrected chi connectivity index (χ1v) is 7.74. The lowest BCUT2D eigenvalue weighted by Gasteiger charge is -2.19. The van der Waals surface area contributed by atoms with Crippen molar-refractivity contribution >= 4 is 17.0 Å². The van der Waals surface area contributed by atoms with Gasteiger partial charge in [0, 0.05) is 25.1 Å². The smallest absolute Gasteiger partial charge is 0.347 e. The van der Waals surface area contributed by atoms with Crippen LogP contribution in [0.25, 0.3) is 11.0 Å². The molecule has 0 fully saturated rings. The molecule has 0 aromatic carbocycles. The average Bonchev–Trinajstić information content (AvgIpc) is 3.06. The van der Waals surface area contributed by atoms with E-state index < -0.39 is 17.7 Å². The van der Waals surface area contributed by atoms with Crippen molar-refractivity contribution in [2.75, 3.05) is 0 Å². The maximum atomic E-state index is 12.6. The molecule has 9 heteroatoms. The zero-order chi connectivity index (χ0) is 16.8. The molecular formula is C15H16N6O3. The van der Waals surface area contributed by atoms with Crippen LogP contribution >= 0.6 is 0 Å². The highest BCUT2D eigenvalue weighted by Crippen LogP contribution is 2.22. The van der Waals surface area contributed by atoms with Crippen LogP contribution in [-0.2, 0) is 24.8 Å². The number of fused-ring (bicyclic) bond motifs is 2. The van der Waals surface area contributed by atoms with E-state index in [1.807, 2.05) is 12.1 Å². The van der Waals surface area contributed by atoms with Gasteiger partial charge in [-0.05, 0) is 25.0 Å². The molecule has 0 aliphatic carbocycles. The standard InChI is InChI=1S/C15H16N6O3/c1-19-13-9(4-3-7-16-13)10(17-19)8-20-15(24)21-11(14(22)23)5-2-6-12(21)18-20/h3-4,7,11H,2,5-6,8H2,1H3,(H,22,23). The maximum absolute atomic E-state index is 12.6. The molecule has 1 N–H and O–H groups in total. The predicted octanol–water partition coefficient (Wildman–Crippen LogP) is 0.337. The molecule has 124 valence electrons. The van der Waals surface area contributed by atoms with E-state index in [0.717, 1.165) is 11.0 Å². The highest BCUT2D eigenvalue weighted by Gasteiger charge is 2.30. The minimum absolute atomic E-state index is 0.189. The molecule has 1 aliphatic rings. The number of rotatable bonds is 3. The summed E-state index contributed by atoms with van der Waals surface area (Å²) in [5.74, 6) is -0.470. The molecule has 1 atom stereocenters. The summed E-state index contributed by atoms with van der Waals surface area (Å²) in [7, 11) is 1.79. The molecule has 9 nitrogen and oxygen atoms in total. The van der Waals surface area contributed by atoms with Crippen LogP contribution in [0, 0.1) is 0 Å². The number of pyridine rings is 1. The third kappa shape index (κ3) is 2.12. The van der Waals surface area contributed by atoms with E-state index >= 15 is 0 Å². The first kappa shape index (κ1) is 14.6. The van der Waals surface area contributed by atoms with Crippen LogP contribution in [0.15, 0.2) is 23.1 Å². The quantitative estimate of drug-likeness (QED) is 0.742. The topological polar surface area (TPSA) is 108 Å². The van der Waals surface area contributed by atoms with Gasteiger partial charge in [-0.25, -0.2) is 19.3 Å². The van der Waals surface area contributed by atoms with E-state index in [-0.39, 0.29) is 6.54 Å². The fourth-order valence-corrected chi connectivity index (χ4v) is 3.29. The lowest BCUT2D eigenvalue weighted by atomic mass is 10.1. The van der Waals surface area contributed by atoms with Crippen molar-refractivity contribution < 1.29 is 9.90 Å². The number of carbonyl (C=O) groups is 1. The van der Waals surface area contributed by atoms with Crippen LogP contribution in [0.4, 0.5) is 0 Å². The van der Waals surface area contributed by atoms with Crippen LogP contribution in [-0.4, -0.2) is 40.2 Å². The summed E-state index contributed by atoms with van der Waals surface area (Å²) < 4.78 is 4.26. The molecular weight excluding hydrogens is 312 g/mol. The Morgan fingerprint density at radius 1 is 1.42 bits per heavy atom. The summed E-state index contributed by atoms with van der Waals surface area (Å²) in [4.78, 5) is 28.3. The summed E-state index contributed by atoms with van der Waals surface area (Å²) in [6.45, 7) is 0.189. The minimum Gasteiger partial charge on any atom is -0.480 e. The van der Waals surface area contributed by atoms with Gasteiger partial charge in [-0.3, -0.25) is 9.25 Å². The van der Waals surface area contributed by atoms with Crippen molar-refractivity contribution in [2.24, 2.45) is 7.05 Å². The minimum atomic E-state index is -0.995. The van der Waals surface area contributed by atoms with Gasteiger partial charge in [0.05, 0.1) is 12.2 Å². The molecule has 0 spiro atoms. The Morgan fingerprint density at radius 3 is 3.04 bits per heavy atom. The highest BCUT2D eigenvalue weighted by atomic mass is 16.4. The fourth-order valence-electron chi connectivity index (χ4n) is 3.29. The molecule has 0 radical (unpaired) electrons. The number of nitrogens with zero attached hydrogens (tertiary/aromatic N) is 6. The zero-order valence-electron chi connectivity index (χ0n) is 13.1. The summed E-state index contributed by atoms with van der Waals surface area (Å²) in [5, 5.41) is 18.9. The Morgan fingerprint density at radius 2 is 2.25 bits per heavy atom. The first-order chi connectivity index (χ1) is 11.6. The fraction of sp³-hybridized carbons (Fsp3) is 0.400. The molecule has 24 heavy (non-hydrogen) atoms. The Balaban J connectivity index is 1.78. The molecule has 0 bridgehead atoms. The average molecular weight is 328 g/mol. The number of aryl methyl sites for hydroxylation is 2. The number of aromatic nitrogens is 6. The molecule has 3 aromatic rings.